The van der Waals surface area contributed by atoms with Crippen LogP contribution in [0.2, 0.25) is 0 Å². The van der Waals surface area contributed by atoms with Crippen LogP contribution in [0.3, 0.4) is 0 Å². The fraction of sp³-hybridized carbons (Fsp3) is 0.750. The minimum Gasteiger partial charge on any atom is -0.317 e. The number of nitrogens with one attached hydrogen (secondary N) is 1. The first-order chi connectivity index (χ1) is 7.16. The first kappa shape index (κ1) is 10.7. The van der Waals surface area contributed by atoms with Crippen LogP contribution in [0.5, 0.6) is 0 Å². The number of aromatic nitrogens is 2. The van der Waals surface area contributed by atoms with Crippen LogP contribution in [0.15, 0.2) is 12.4 Å². The van der Waals surface area contributed by atoms with Crippen LogP contribution >= 0.6 is 0 Å². The van der Waals surface area contributed by atoms with Gasteiger partial charge in [-0.2, -0.15) is 5.10 Å². The van der Waals surface area contributed by atoms with E-state index in [1.807, 2.05) is 17.9 Å². The monoisotopic (exact) mass is 207 g/mol. The minimum atomic E-state index is 0.574. The first-order valence-electron chi connectivity index (χ1n) is 5.81. The molecule has 0 aliphatic heterocycles. The van der Waals surface area contributed by atoms with Gasteiger partial charge in [0.15, 0.2) is 0 Å². The lowest BCUT2D eigenvalue weighted by molar-refractivity contribution is 0.347. The number of aryl methyl sites for hydroxylation is 2. The van der Waals surface area contributed by atoms with E-state index in [9.17, 15) is 0 Å². The summed E-state index contributed by atoms with van der Waals surface area (Å²) in [6.45, 7) is 2.30. The quantitative estimate of drug-likeness (QED) is 0.797. The highest BCUT2D eigenvalue weighted by Gasteiger charge is 2.45. The van der Waals surface area contributed by atoms with Gasteiger partial charge in [0.2, 0.25) is 0 Å². The second kappa shape index (κ2) is 3.97. The molecule has 0 amide bonds. The Morgan fingerprint density at radius 1 is 1.60 bits per heavy atom. The van der Waals surface area contributed by atoms with Gasteiger partial charge in [0, 0.05) is 19.3 Å². The van der Waals surface area contributed by atoms with E-state index < -0.39 is 0 Å². The van der Waals surface area contributed by atoms with Crippen LogP contribution in [0.25, 0.3) is 0 Å². The summed E-state index contributed by atoms with van der Waals surface area (Å²) in [6, 6.07) is 0.647. The van der Waals surface area contributed by atoms with Crippen molar-refractivity contribution in [1.29, 1.82) is 0 Å². The predicted octanol–water partition coefficient (Wildman–Crippen LogP) is 1.74. The minimum absolute atomic E-state index is 0.574. The number of nitrogens with zero attached hydrogens (tertiary/aromatic N) is 2. The summed E-state index contributed by atoms with van der Waals surface area (Å²) in [4.78, 5) is 0. The zero-order valence-corrected chi connectivity index (χ0v) is 9.95. The van der Waals surface area contributed by atoms with Gasteiger partial charge in [-0.3, -0.25) is 4.68 Å². The SMILES string of the molecule is CNC(C)C1(CCc2cnn(C)c2)CC1. The number of hydrogen-bond acceptors (Lipinski definition) is 2. The van der Waals surface area contributed by atoms with Crippen molar-refractivity contribution in [2.24, 2.45) is 12.5 Å². The average Bonchev–Trinajstić information content (AvgIpc) is 2.93. The summed E-state index contributed by atoms with van der Waals surface area (Å²) in [5.41, 5.74) is 1.94. The van der Waals surface area contributed by atoms with E-state index in [0.29, 0.717) is 11.5 Å². The van der Waals surface area contributed by atoms with Crippen molar-refractivity contribution in [2.45, 2.75) is 38.6 Å². The van der Waals surface area contributed by atoms with E-state index in [-0.39, 0.29) is 0 Å². The zero-order valence-electron chi connectivity index (χ0n) is 9.95. The lowest BCUT2D eigenvalue weighted by Gasteiger charge is -2.22. The van der Waals surface area contributed by atoms with Crippen LogP contribution in [-0.4, -0.2) is 22.9 Å². The molecule has 0 radical (unpaired) electrons. The largest absolute Gasteiger partial charge is 0.317 e. The maximum atomic E-state index is 4.20. The summed E-state index contributed by atoms with van der Waals surface area (Å²) < 4.78 is 1.89. The Kier molecular flexibility index (Phi) is 2.83. The van der Waals surface area contributed by atoms with Crippen LogP contribution in [0.4, 0.5) is 0 Å². The fourth-order valence-electron chi connectivity index (χ4n) is 2.36. The summed E-state index contributed by atoms with van der Waals surface area (Å²) in [7, 11) is 4.04. The third-order valence-electron chi connectivity index (χ3n) is 3.91. The molecule has 1 saturated carbocycles. The lowest BCUT2D eigenvalue weighted by Crippen LogP contribution is -2.32. The maximum Gasteiger partial charge on any atom is 0.0521 e. The van der Waals surface area contributed by atoms with Crippen molar-refractivity contribution in [3.63, 3.8) is 0 Å². The van der Waals surface area contributed by atoms with Crippen LogP contribution < -0.4 is 5.32 Å². The van der Waals surface area contributed by atoms with Gasteiger partial charge >= 0.3 is 0 Å². The molecule has 0 saturated heterocycles. The molecule has 1 unspecified atom stereocenters. The van der Waals surface area contributed by atoms with Crippen molar-refractivity contribution in [1.82, 2.24) is 15.1 Å². The van der Waals surface area contributed by atoms with E-state index in [1.54, 1.807) is 0 Å². The number of hydrogen-bond donors (Lipinski definition) is 1. The molecule has 2 rings (SSSR count). The fourth-order valence-corrected chi connectivity index (χ4v) is 2.36. The van der Waals surface area contributed by atoms with Gasteiger partial charge in [-0.1, -0.05) is 0 Å². The van der Waals surface area contributed by atoms with Crippen LogP contribution in [0.1, 0.15) is 31.7 Å². The van der Waals surface area contributed by atoms with E-state index >= 15 is 0 Å². The normalized spacial score (nSPS) is 20.2. The Morgan fingerprint density at radius 3 is 2.80 bits per heavy atom. The molecule has 3 nitrogen and oxygen atoms in total. The van der Waals surface area contributed by atoms with Crippen molar-refractivity contribution in [2.75, 3.05) is 7.05 Å². The van der Waals surface area contributed by atoms with E-state index in [0.717, 1.165) is 0 Å². The second-order valence-corrected chi connectivity index (χ2v) is 4.89. The smallest absolute Gasteiger partial charge is 0.0521 e. The predicted molar refractivity (Wildman–Crippen MR) is 61.7 cm³/mol. The van der Waals surface area contributed by atoms with Gasteiger partial charge in [-0.25, -0.2) is 0 Å². The number of rotatable bonds is 5. The average molecular weight is 207 g/mol. The lowest BCUT2D eigenvalue weighted by atomic mass is 9.91. The molecule has 1 aliphatic rings. The Hall–Kier alpha value is -0.830. The Labute approximate surface area is 91.9 Å². The molecule has 1 aromatic rings. The maximum absolute atomic E-state index is 4.20. The van der Waals surface area contributed by atoms with Gasteiger partial charge in [0.1, 0.15) is 0 Å². The molecular formula is C12H21N3. The topological polar surface area (TPSA) is 29.9 Å². The molecule has 1 N–H and O–H groups in total. The molecule has 1 fully saturated rings. The van der Waals surface area contributed by atoms with Crippen molar-refractivity contribution < 1.29 is 0 Å². The molecule has 0 aromatic carbocycles. The Balaban J connectivity index is 1.88. The molecule has 1 aromatic heterocycles. The molecular weight excluding hydrogens is 186 g/mol. The highest BCUT2D eigenvalue weighted by atomic mass is 15.2. The first-order valence-corrected chi connectivity index (χ1v) is 5.81. The third kappa shape index (κ3) is 2.23. The molecule has 1 atom stereocenters. The Morgan fingerprint density at radius 2 is 2.33 bits per heavy atom. The zero-order chi connectivity index (χ0) is 10.9. The standard InChI is InChI=1S/C12H21N3/c1-10(13-2)12(6-7-12)5-4-11-8-14-15(3)9-11/h8-10,13H,4-7H2,1-3H3. The molecule has 15 heavy (non-hydrogen) atoms. The van der Waals surface area contributed by atoms with E-state index in [2.05, 4.69) is 30.6 Å². The van der Waals surface area contributed by atoms with Crippen LogP contribution in [-0.2, 0) is 13.5 Å². The molecule has 0 bridgehead atoms. The van der Waals surface area contributed by atoms with Gasteiger partial charge in [0.25, 0.3) is 0 Å². The van der Waals surface area contributed by atoms with Crippen LogP contribution in [0, 0.1) is 5.41 Å². The highest BCUT2D eigenvalue weighted by molar-refractivity contribution is 5.08. The van der Waals surface area contributed by atoms with Gasteiger partial charge in [-0.05, 0) is 50.6 Å². The summed E-state index contributed by atoms with van der Waals surface area (Å²) >= 11 is 0. The highest BCUT2D eigenvalue weighted by Crippen LogP contribution is 2.52. The summed E-state index contributed by atoms with van der Waals surface area (Å²) in [5, 5.41) is 7.59. The van der Waals surface area contributed by atoms with Gasteiger partial charge in [0.05, 0.1) is 6.20 Å². The third-order valence-corrected chi connectivity index (χ3v) is 3.91. The van der Waals surface area contributed by atoms with Crippen molar-refractivity contribution in [3.8, 4) is 0 Å². The van der Waals surface area contributed by atoms with Gasteiger partial charge < -0.3 is 5.32 Å². The molecule has 1 heterocycles. The van der Waals surface area contributed by atoms with E-state index in [4.69, 9.17) is 0 Å². The van der Waals surface area contributed by atoms with Crippen molar-refractivity contribution >= 4 is 0 Å². The molecule has 1 aliphatic carbocycles. The van der Waals surface area contributed by atoms with E-state index in [1.165, 1.54) is 31.2 Å². The van der Waals surface area contributed by atoms with Crippen molar-refractivity contribution in [3.05, 3.63) is 18.0 Å². The molecule has 84 valence electrons. The molecule has 3 heteroatoms. The second-order valence-electron chi connectivity index (χ2n) is 4.89. The summed E-state index contributed by atoms with van der Waals surface area (Å²) in [6.07, 6.45) is 9.34. The van der Waals surface area contributed by atoms with Gasteiger partial charge in [-0.15, -0.1) is 0 Å². The Bertz CT molecular complexity index is 325. The summed E-state index contributed by atoms with van der Waals surface area (Å²) in [5.74, 6) is 0. The molecule has 0 spiro atoms.